The monoisotopic (exact) mass is 397 g/mol. The number of nitrogens with zero attached hydrogens (tertiary/aromatic N) is 1. The number of non-ortho nitro benzene ring substituents is 1. The third kappa shape index (κ3) is 5.01. The number of halogens is 1. The second-order valence-electron chi connectivity index (χ2n) is 5.99. The summed E-state index contributed by atoms with van der Waals surface area (Å²) in [5.41, 5.74) is 2.81. The van der Waals surface area contributed by atoms with Crippen LogP contribution in [0.25, 0.3) is 0 Å². The third-order valence-corrected chi connectivity index (χ3v) is 5.55. The molecule has 7 nitrogen and oxygen atoms in total. The quantitative estimate of drug-likeness (QED) is 0.575. The van der Waals surface area contributed by atoms with Gasteiger partial charge in [0.25, 0.3) is 5.69 Å². The summed E-state index contributed by atoms with van der Waals surface area (Å²) in [5.74, 6) is -0.209. The molecule has 2 aromatic rings. The van der Waals surface area contributed by atoms with Crippen molar-refractivity contribution in [3.63, 3.8) is 0 Å². The zero-order chi connectivity index (χ0) is 17.9. The summed E-state index contributed by atoms with van der Waals surface area (Å²) in [6.45, 7) is 1.08. The topological polar surface area (TPSA) is 101 Å². The number of fused-ring (bicyclic) bond motifs is 1. The Morgan fingerprint density at radius 2 is 1.85 bits per heavy atom. The second-order valence-corrected chi connectivity index (χ2v) is 7.79. The van der Waals surface area contributed by atoms with Gasteiger partial charge in [-0.15, -0.1) is 12.4 Å². The second kappa shape index (κ2) is 8.59. The molecule has 0 saturated heterocycles. The van der Waals surface area contributed by atoms with Crippen LogP contribution in [-0.2, 0) is 22.2 Å². The number of sulfonamides is 1. The Hall–Kier alpha value is -2.00. The van der Waals surface area contributed by atoms with Crippen LogP contribution in [0.3, 0.4) is 0 Å². The van der Waals surface area contributed by atoms with Gasteiger partial charge in [-0.3, -0.25) is 10.1 Å². The molecule has 140 valence electrons. The molecule has 9 heteroatoms. The highest BCUT2D eigenvalue weighted by molar-refractivity contribution is 7.88. The summed E-state index contributed by atoms with van der Waals surface area (Å²) in [4.78, 5) is 10.1. The summed E-state index contributed by atoms with van der Waals surface area (Å²) >= 11 is 0. The molecule has 26 heavy (non-hydrogen) atoms. The van der Waals surface area contributed by atoms with Crippen molar-refractivity contribution in [2.24, 2.45) is 0 Å². The lowest BCUT2D eigenvalue weighted by atomic mass is 9.95. The largest absolute Gasteiger partial charge is 0.308 e. The average molecular weight is 398 g/mol. The maximum atomic E-state index is 12.3. The summed E-state index contributed by atoms with van der Waals surface area (Å²) in [5, 5.41) is 14.0. The highest BCUT2D eigenvalue weighted by Crippen LogP contribution is 2.22. The zero-order valence-electron chi connectivity index (χ0n) is 13.9. The summed E-state index contributed by atoms with van der Waals surface area (Å²) in [7, 11) is -3.53. The SMILES string of the molecule is Cl.O=[N+]([O-])c1ccc(CS(=O)(=O)NCC2NCCc3ccccc32)cc1. The lowest BCUT2D eigenvalue weighted by Crippen LogP contribution is -2.39. The first-order chi connectivity index (χ1) is 11.9. The van der Waals surface area contributed by atoms with Gasteiger partial charge in [0.05, 0.1) is 10.7 Å². The van der Waals surface area contributed by atoms with Crippen molar-refractivity contribution in [3.05, 3.63) is 75.3 Å². The van der Waals surface area contributed by atoms with E-state index in [1.165, 1.54) is 29.8 Å². The van der Waals surface area contributed by atoms with Gasteiger partial charge >= 0.3 is 0 Å². The van der Waals surface area contributed by atoms with Crippen molar-refractivity contribution >= 4 is 28.1 Å². The summed E-state index contributed by atoms with van der Waals surface area (Å²) < 4.78 is 27.2. The van der Waals surface area contributed by atoms with Crippen LogP contribution in [-0.4, -0.2) is 26.4 Å². The number of benzene rings is 2. The van der Waals surface area contributed by atoms with E-state index in [-0.39, 0.29) is 36.4 Å². The lowest BCUT2D eigenvalue weighted by molar-refractivity contribution is -0.384. The molecule has 1 aliphatic heterocycles. The lowest BCUT2D eigenvalue weighted by Gasteiger charge is -2.27. The normalized spacial score (nSPS) is 16.4. The average Bonchev–Trinajstić information content (AvgIpc) is 2.60. The molecule has 1 unspecified atom stereocenters. The van der Waals surface area contributed by atoms with E-state index < -0.39 is 14.9 Å². The number of nitro groups is 1. The summed E-state index contributed by atoms with van der Waals surface area (Å²) in [6.07, 6.45) is 0.933. The van der Waals surface area contributed by atoms with Gasteiger partial charge in [-0.05, 0) is 29.7 Å². The van der Waals surface area contributed by atoms with Crippen LogP contribution in [0, 0.1) is 10.1 Å². The van der Waals surface area contributed by atoms with Gasteiger partial charge in [-0.1, -0.05) is 36.4 Å². The van der Waals surface area contributed by atoms with Crippen LogP contribution < -0.4 is 10.0 Å². The number of hydrogen-bond acceptors (Lipinski definition) is 5. The molecule has 0 saturated carbocycles. The van der Waals surface area contributed by atoms with Gasteiger partial charge in [0.1, 0.15) is 0 Å². The first kappa shape index (κ1) is 20.3. The number of nitrogens with one attached hydrogen (secondary N) is 2. The minimum atomic E-state index is -3.53. The Labute approximate surface area is 158 Å². The Bertz CT molecular complexity index is 872. The predicted molar refractivity (Wildman–Crippen MR) is 102 cm³/mol. The molecule has 0 bridgehead atoms. The molecule has 0 aromatic heterocycles. The number of nitro benzene ring substituents is 1. The first-order valence-corrected chi connectivity index (χ1v) is 9.62. The van der Waals surface area contributed by atoms with Crippen molar-refractivity contribution < 1.29 is 13.3 Å². The molecule has 0 spiro atoms. The van der Waals surface area contributed by atoms with Gasteiger partial charge < -0.3 is 5.32 Å². The molecular weight excluding hydrogens is 378 g/mol. The maximum Gasteiger partial charge on any atom is 0.269 e. The molecular formula is C17H20ClN3O4S. The van der Waals surface area contributed by atoms with Crippen molar-refractivity contribution in [2.75, 3.05) is 13.1 Å². The van der Waals surface area contributed by atoms with E-state index in [2.05, 4.69) is 16.1 Å². The van der Waals surface area contributed by atoms with E-state index in [1.54, 1.807) is 0 Å². The molecule has 1 atom stereocenters. The molecule has 1 heterocycles. The highest BCUT2D eigenvalue weighted by Gasteiger charge is 2.21. The highest BCUT2D eigenvalue weighted by atomic mass is 35.5. The van der Waals surface area contributed by atoms with Crippen molar-refractivity contribution in [3.8, 4) is 0 Å². The van der Waals surface area contributed by atoms with Crippen LogP contribution in [0.15, 0.2) is 48.5 Å². The fourth-order valence-electron chi connectivity index (χ4n) is 2.97. The van der Waals surface area contributed by atoms with Crippen LogP contribution >= 0.6 is 12.4 Å². The van der Waals surface area contributed by atoms with Crippen molar-refractivity contribution in [2.45, 2.75) is 18.2 Å². The molecule has 1 aliphatic rings. The van der Waals surface area contributed by atoms with Gasteiger partial charge in [-0.2, -0.15) is 0 Å². The van der Waals surface area contributed by atoms with Gasteiger partial charge in [-0.25, -0.2) is 13.1 Å². The minimum absolute atomic E-state index is 0. The number of rotatable bonds is 6. The molecule has 3 rings (SSSR count). The standard InChI is InChI=1S/C17H19N3O4S.ClH/c21-20(22)15-7-5-13(6-8-15)12-25(23,24)19-11-17-16-4-2-1-3-14(16)9-10-18-17;/h1-8,17-19H,9-12H2;1H. The third-order valence-electron chi connectivity index (χ3n) is 4.23. The Morgan fingerprint density at radius 1 is 1.15 bits per heavy atom. The molecule has 2 N–H and O–H groups in total. The molecule has 0 aliphatic carbocycles. The van der Waals surface area contributed by atoms with Crippen LogP contribution in [0.1, 0.15) is 22.7 Å². The van der Waals surface area contributed by atoms with E-state index in [0.717, 1.165) is 18.5 Å². The van der Waals surface area contributed by atoms with Crippen LogP contribution in [0.4, 0.5) is 5.69 Å². The minimum Gasteiger partial charge on any atom is -0.308 e. The van der Waals surface area contributed by atoms with Gasteiger partial charge in [0.2, 0.25) is 10.0 Å². The van der Waals surface area contributed by atoms with Crippen molar-refractivity contribution in [1.29, 1.82) is 0 Å². The van der Waals surface area contributed by atoms with E-state index in [9.17, 15) is 18.5 Å². The Morgan fingerprint density at radius 3 is 2.54 bits per heavy atom. The maximum absolute atomic E-state index is 12.3. The Balaban J connectivity index is 0.00000243. The molecule has 0 radical (unpaired) electrons. The van der Waals surface area contributed by atoms with Crippen molar-refractivity contribution in [1.82, 2.24) is 10.0 Å². The molecule has 2 aromatic carbocycles. The summed E-state index contributed by atoms with van der Waals surface area (Å²) in [6, 6.07) is 13.5. The Kier molecular flexibility index (Phi) is 6.71. The molecule has 0 amide bonds. The van der Waals surface area contributed by atoms with Gasteiger partial charge in [0.15, 0.2) is 0 Å². The smallest absolute Gasteiger partial charge is 0.269 e. The fraction of sp³-hybridized carbons (Fsp3) is 0.294. The van der Waals surface area contributed by atoms with E-state index in [1.807, 2.05) is 18.2 Å². The van der Waals surface area contributed by atoms with Gasteiger partial charge in [0, 0.05) is 24.7 Å². The van der Waals surface area contributed by atoms with Crippen LogP contribution in [0.5, 0.6) is 0 Å². The van der Waals surface area contributed by atoms with E-state index in [0.29, 0.717) is 5.56 Å². The number of hydrogen-bond donors (Lipinski definition) is 2. The fourth-order valence-corrected chi connectivity index (χ4v) is 4.12. The van der Waals surface area contributed by atoms with E-state index in [4.69, 9.17) is 0 Å². The molecule has 0 fully saturated rings. The van der Waals surface area contributed by atoms with Crippen LogP contribution in [0.2, 0.25) is 0 Å². The van der Waals surface area contributed by atoms with E-state index >= 15 is 0 Å². The zero-order valence-corrected chi connectivity index (χ0v) is 15.6. The first-order valence-electron chi connectivity index (χ1n) is 7.96. The predicted octanol–water partition coefficient (Wildman–Crippen LogP) is 2.32.